The number of fused-ring (bicyclic) bond motifs is 1. The van der Waals surface area contributed by atoms with Crippen LogP contribution >= 0.6 is 0 Å². The molecular weight excluding hydrogens is 225 g/mol. The van der Waals surface area contributed by atoms with E-state index in [9.17, 15) is 14.0 Å². The van der Waals surface area contributed by atoms with Crippen LogP contribution in [0.4, 0.5) is 10.1 Å². The second kappa shape index (κ2) is 3.81. The van der Waals surface area contributed by atoms with E-state index in [1.807, 2.05) is 0 Å². The first kappa shape index (κ1) is 11.5. The third-order valence-corrected chi connectivity index (χ3v) is 2.69. The van der Waals surface area contributed by atoms with Crippen molar-refractivity contribution in [1.82, 2.24) is 0 Å². The van der Waals surface area contributed by atoms with Crippen molar-refractivity contribution in [3.8, 4) is 0 Å². The summed E-state index contributed by atoms with van der Waals surface area (Å²) in [5.41, 5.74) is 11.8. The molecule has 90 valence electrons. The average Bonchev–Trinajstić information content (AvgIpc) is 2.43. The number of anilines is 1. The van der Waals surface area contributed by atoms with Gasteiger partial charge in [-0.25, -0.2) is 4.39 Å². The van der Waals surface area contributed by atoms with Crippen LogP contribution in [0.3, 0.4) is 0 Å². The summed E-state index contributed by atoms with van der Waals surface area (Å²) < 4.78 is 13.8. The summed E-state index contributed by atoms with van der Waals surface area (Å²) in [6.07, 6.45) is 0. The minimum Gasteiger partial charge on any atom is -0.368 e. The SMILES string of the molecule is Cc1cc(F)c2c(c1)C(N)C(=O)N2CC(N)=O. The molecule has 0 radical (unpaired) electrons. The number of amides is 2. The van der Waals surface area contributed by atoms with Crippen LogP contribution in [0.25, 0.3) is 0 Å². The smallest absolute Gasteiger partial charge is 0.249 e. The number of carbonyl (C=O) groups is 2. The first-order valence-corrected chi connectivity index (χ1v) is 5.07. The van der Waals surface area contributed by atoms with E-state index < -0.39 is 23.7 Å². The Bertz CT molecular complexity index is 516. The molecule has 2 rings (SSSR count). The molecular formula is C11H12FN3O2. The number of rotatable bonds is 2. The molecule has 0 bridgehead atoms. The summed E-state index contributed by atoms with van der Waals surface area (Å²) in [5, 5.41) is 0. The molecule has 1 aliphatic heterocycles. The zero-order chi connectivity index (χ0) is 12.7. The van der Waals surface area contributed by atoms with E-state index in [2.05, 4.69) is 0 Å². The molecule has 1 aliphatic rings. The maximum absolute atomic E-state index is 13.8. The highest BCUT2D eigenvalue weighted by Crippen LogP contribution is 2.37. The molecule has 0 aliphatic carbocycles. The van der Waals surface area contributed by atoms with Crippen molar-refractivity contribution < 1.29 is 14.0 Å². The van der Waals surface area contributed by atoms with E-state index in [0.29, 0.717) is 11.1 Å². The molecule has 1 aromatic carbocycles. The molecule has 0 fully saturated rings. The minimum absolute atomic E-state index is 0.0619. The van der Waals surface area contributed by atoms with Crippen LogP contribution in [0.5, 0.6) is 0 Å². The molecule has 6 heteroatoms. The van der Waals surface area contributed by atoms with E-state index in [-0.39, 0.29) is 12.2 Å². The Morgan fingerprint density at radius 2 is 2.18 bits per heavy atom. The van der Waals surface area contributed by atoms with Crippen LogP contribution < -0.4 is 16.4 Å². The molecule has 2 amide bonds. The van der Waals surface area contributed by atoms with Crippen molar-refractivity contribution in [2.75, 3.05) is 11.4 Å². The van der Waals surface area contributed by atoms with Gasteiger partial charge in [-0.1, -0.05) is 6.07 Å². The minimum atomic E-state index is -0.932. The number of primary amides is 1. The van der Waals surface area contributed by atoms with Gasteiger partial charge in [0.2, 0.25) is 11.8 Å². The van der Waals surface area contributed by atoms with Gasteiger partial charge in [0.15, 0.2) is 0 Å². The van der Waals surface area contributed by atoms with Crippen molar-refractivity contribution in [3.63, 3.8) is 0 Å². The van der Waals surface area contributed by atoms with Crippen molar-refractivity contribution in [1.29, 1.82) is 0 Å². The lowest BCUT2D eigenvalue weighted by molar-refractivity contribution is -0.122. The summed E-state index contributed by atoms with van der Waals surface area (Å²) in [7, 11) is 0. The number of halogens is 1. The highest BCUT2D eigenvalue weighted by molar-refractivity contribution is 6.07. The third kappa shape index (κ3) is 1.76. The maximum atomic E-state index is 13.8. The van der Waals surface area contributed by atoms with Gasteiger partial charge in [-0.15, -0.1) is 0 Å². The fraction of sp³-hybridized carbons (Fsp3) is 0.273. The fourth-order valence-corrected chi connectivity index (χ4v) is 2.01. The number of aryl methyl sites for hydroxylation is 1. The lowest BCUT2D eigenvalue weighted by Gasteiger charge is -2.15. The van der Waals surface area contributed by atoms with E-state index in [4.69, 9.17) is 11.5 Å². The van der Waals surface area contributed by atoms with Crippen molar-refractivity contribution >= 4 is 17.5 Å². The Labute approximate surface area is 97.2 Å². The van der Waals surface area contributed by atoms with Gasteiger partial charge in [-0.2, -0.15) is 0 Å². The predicted octanol–water partition coefficient (Wildman–Crippen LogP) is -0.0342. The van der Waals surface area contributed by atoms with Crippen LogP contribution in [-0.2, 0) is 9.59 Å². The van der Waals surface area contributed by atoms with Crippen LogP contribution in [0.1, 0.15) is 17.2 Å². The molecule has 0 saturated carbocycles. The fourth-order valence-electron chi connectivity index (χ4n) is 2.01. The Morgan fingerprint density at radius 1 is 1.53 bits per heavy atom. The topological polar surface area (TPSA) is 89.4 Å². The van der Waals surface area contributed by atoms with Gasteiger partial charge in [-0.05, 0) is 18.6 Å². The van der Waals surface area contributed by atoms with Gasteiger partial charge < -0.3 is 11.5 Å². The first-order valence-electron chi connectivity index (χ1n) is 5.07. The Hall–Kier alpha value is -1.95. The number of nitrogens with two attached hydrogens (primary N) is 2. The number of nitrogens with zero attached hydrogens (tertiary/aromatic N) is 1. The molecule has 0 saturated heterocycles. The zero-order valence-electron chi connectivity index (χ0n) is 9.24. The van der Waals surface area contributed by atoms with E-state index in [1.54, 1.807) is 13.0 Å². The quantitative estimate of drug-likeness (QED) is 0.756. The largest absolute Gasteiger partial charge is 0.368 e. The van der Waals surface area contributed by atoms with Gasteiger partial charge in [0.25, 0.3) is 0 Å². The second-order valence-electron chi connectivity index (χ2n) is 4.05. The monoisotopic (exact) mass is 237 g/mol. The normalized spacial score (nSPS) is 18.4. The summed E-state index contributed by atoms with van der Waals surface area (Å²) in [5.74, 6) is -1.79. The zero-order valence-corrected chi connectivity index (χ0v) is 9.24. The van der Waals surface area contributed by atoms with Gasteiger partial charge in [0.05, 0.1) is 5.69 Å². The Morgan fingerprint density at radius 3 is 2.76 bits per heavy atom. The van der Waals surface area contributed by atoms with Crippen molar-refractivity contribution in [2.24, 2.45) is 11.5 Å². The predicted molar refractivity (Wildman–Crippen MR) is 59.6 cm³/mol. The lowest BCUT2D eigenvalue weighted by Crippen LogP contribution is -2.38. The van der Waals surface area contributed by atoms with Crippen LogP contribution in [0, 0.1) is 12.7 Å². The molecule has 1 atom stereocenters. The highest BCUT2D eigenvalue weighted by atomic mass is 19.1. The van der Waals surface area contributed by atoms with Gasteiger partial charge in [-0.3, -0.25) is 14.5 Å². The summed E-state index contributed by atoms with van der Waals surface area (Å²) in [6, 6.07) is 2.00. The van der Waals surface area contributed by atoms with E-state index in [1.165, 1.54) is 6.07 Å². The lowest BCUT2D eigenvalue weighted by atomic mass is 10.1. The molecule has 1 aromatic rings. The third-order valence-electron chi connectivity index (χ3n) is 2.69. The number of benzene rings is 1. The molecule has 5 nitrogen and oxygen atoms in total. The van der Waals surface area contributed by atoms with Crippen LogP contribution in [-0.4, -0.2) is 18.4 Å². The number of hydrogen-bond donors (Lipinski definition) is 2. The number of hydrogen-bond acceptors (Lipinski definition) is 3. The average molecular weight is 237 g/mol. The van der Waals surface area contributed by atoms with Gasteiger partial charge in [0, 0.05) is 5.56 Å². The highest BCUT2D eigenvalue weighted by Gasteiger charge is 2.37. The molecule has 1 heterocycles. The van der Waals surface area contributed by atoms with Gasteiger partial charge >= 0.3 is 0 Å². The second-order valence-corrected chi connectivity index (χ2v) is 4.05. The molecule has 1 unspecified atom stereocenters. The van der Waals surface area contributed by atoms with E-state index >= 15 is 0 Å². The van der Waals surface area contributed by atoms with Crippen molar-refractivity contribution in [3.05, 3.63) is 29.1 Å². The van der Waals surface area contributed by atoms with Gasteiger partial charge in [0.1, 0.15) is 18.4 Å². The Balaban J connectivity index is 2.56. The Kier molecular flexibility index (Phi) is 2.59. The number of carbonyl (C=O) groups excluding carboxylic acids is 2. The summed E-state index contributed by atoms with van der Waals surface area (Å²) in [6.45, 7) is 1.34. The molecule has 0 spiro atoms. The summed E-state index contributed by atoms with van der Waals surface area (Å²) in [4.78, 5) is 23.6. The summed E-state index contributed by atoms with van der Waals surface area (Å²) >= 11 is 0. The van der Waals surface area contributed by atoms with E-state index in [0.717, 1.165) is 4.90 Å². The maximum Gasteiger partial charge on any atom is 0.249 e. The van der Waals surface area contributed by atoms with Crippen LogP contribution in [0.2, 0.25) is 0 Å². The first-order chi connectivity index (χ1) is 7.91. The molecule has 17 heavy (non-hydrogen) atoms. The van der Waals surface area contributed by atoms with Crippen molar-refractivity contribution in [2.45, 2.75) is 13.0 Å². The standard InChI is InChI=1S/C11H12FN3O2/c1-5-2-6-9(14)11(17)15(4-8(13)16)10(6)7(12)3-5/h2-3,9H,4,14H2,1H3,(H2,13,16). The van der Waals surface area contributed by atoms with Crippen LogP contribution in [0.15, 0.2) is 12.1 Å². The molecule has 4 N–H and O–H groups in total. The molecule has 0 aromatic heterocycles.